The van der Waals surface area contributed by atoms with E-state index in [0.717, 1.165) is 17.0 Å². The van der Waals surface area contributed by atoms with Crippen LogP contribution in [0.4, 0.5) is 18.9 Å². The average molecular weight is 519 g/mol. The SMILES string of the molecule is CC(C)(F)C[C@H](NC(=O)c1ccc(F)cc1F)C(=O)N1C[C@]2(C[C@H]1C#N)C(=O)Nc1ccc(Cl)cc12. The minimum absolute atomic E-state index is 0.0271. The predicted octanol–water partition coefficient (Wildman–Crippen LogP) is 3.87. The van der Waals surface area contributed by atoms with Crippen LogP contribution in [0.2, 0.25) is 5.02 Å². The van der Waals surface area contributed by atoms with E-state index in [1.807, 2.05) is 6.07 Å². The van der Waals surface area contributed by atoms with E-state index in [9.17, 15) is 32.8 Å². The molecule has 2 aliphatic rings. The highest BCUT2D eigenvalue weighted by Crippen LogP contribution is 2.47. The average Bonchev–Trinajstić information content (AvgIpc) is 3.30. The molecule has 188 valence electrons. The number of fused-ring (bicyclic) bond motifs is 2. The Kier molecular flexibility index (Phi) is 6.47. The van der Waals surface area contributed by atoms with E-state index in [1.165, 1.54) is 13.8 Å². The molecule has 11 heteroatoms. The van der Waals surface area contributed by atoms with Crippen molar-refractivity contribution in [2.24, 2.45) is 0 Å². The van der Waals surface area contributed by atoms with E-state index in [4.69, 9.17) is 11.6 Å². The van der Waals surface area contributed by atoms with Gasteiger partial charge in [0.25, 0.3) is 5.91 Å². The van der Waals surface area contributed by atoms with Gasteiger partial charge in [-0.15, -0.1) is 0 Å². The number of hydrogen-bond donors (Lipinski definition) is 2. The Bertz CT molecular complexity index is 1310. The molecule has 2 N–H and O–H groups in total. The fraction of sp³-hybridized carbons (Fsp3) is 0.360. The number of hydrogen-bond acceptors (Lipinski definition) is 4. The van der Waals surface area contributed by atoms with Crippen molar-refractivity contribution >= 4 is 35.0 Å². The maximum absolute atomic E-state index is 14.7. The molecule has 0 unspecified atom stereocenters. The van der Waals surface area contributed by atoms with Crippen LogP contribution < -0.4 is 10.6 Å². The molecule has 2 aromatic rings. The van der Waals surface area contributed by atoms with Crippen LogP contribution >= 0.6 is 11.6 Å². The lowest BCUT2D eigenvalue weighted by atomic mass is 9.80. The topological polar surface area (TPSA) is 102 Å². The van der Waals surface area contributed by atoms with E-state index in [0.29, 0.717) is 22.3 Å². The number of anilines is 1. The van der Waals surface area contributed by atoms with Crippen LogP contribution in [0, 0.1) is 23.0 Å². The highest BCUT2D eigenvalue weighted by Gasteiger charge is 2.56. The van der Waals surface area contributed by atoms with Crippen LogP contribution in [0.15, 0.2) is 36.4 Å². The highest BCUT2D eigenvalue weighted by atomic mass is 35.5. The first-order valence-corrected chi connectivity index (χ1v) is 11.5. The Hall–Kier alpha value is -3.58. The zero-order chi connectivity index (χ0) is 26.4. The first kappa shape index (κ1) is 25.5. The molecule has 3 atom stereocenters. The zero-order valence-corrected chi connectivity index (χ0v) is 20.1. The standard InChI is InChI=1S/C25H22ClF3N4O3/c1-24(2,29)10-20(31-21(34)16-5-4-14(27)8-18(16)28)22(35)33-12-25(9-15(33)11-30)17-7-13(26)3-6-19(17)32-23(25)36/h3-8,15,20H,9-10,12H2,1-2H3,(H,31,34)(H,32,36)/t15-,20-,25-/m0/s1. The molecule has 0 aromatic heterocycles. The lowest BCUT2D eigenvalue weighted by molar-refractivity contribution is -0.134. The molecule has 4 rings (SSSR count). The zero-order valence-electron chi connectivity index (χ0n) is 19.4. The number of carbonyl (C=O) groups is 3. The molecule has 3 amide bonds. The van der Waals surface area contributed by atoms with Gasteiger partial charge in [-0.3, -0.25) is 14.4 Å². The fourth-order valence-electron chi connectivity index (χ4n) is 4.79. The van der Waals surface area contributed by atoms with Gasteiger partial charge in [-0.25, -0.2) is 13.2 Å². The molecule has 2 aromatic carbocycles. The second-order valence-electron chi connectivity index (χ2n) is 9.61. The summed E-state index contributed by atoms with van der Waals surface area (Å²) in [6.45, 7) is 2.20. The molecule has 0 bridgehead atoms. The molecule has 1 saturated heterocycles. The molecule has 0 aliphatic carbocycles. The predicted molar refractivity (Wildman–Crippen MR) is 125 cm³/mol. The summed E-state index contributed by atoms with van der Waals surface area (Å²) in [5.41, 5.74) is -2.66. The van der Waals surface area contributed by atoms with Gasteiger partial charge in [0.2, 0.25) is 11.8 Å². The van der Waals surface area contributed by atoms with Crippen molar-refractivity contribution in [3.8, 4) is 6.07 Å². The Morgan fingerprint density at radius 1 is 1.31 bits per heavy atom. The van der Waals surface area contributed by atoms with Crippen molar-refractivity contribution in [2.75, 3.05) is 11.9 Å². The van der Waals surface area contributed by atoms with Gasteiger partial charge in [0.05, 0.1) is 17.0 Å². The Morgan fingerprint density at radius 2 is 2.03 bits per heavy atom. The maximum atomic E-state index is 14.7. The van der Waals surface area contributed by atoms with Gasteiger partial charge in [-0.05, 0) is 49.7 Å². The number of amides is 3. The highest BCUT2D eigenvalue weighted by molar-refractivity contribution is 6.31. The summed E-state index contributed by atoms with van der Waals surface area (Å²) < 4.78 is 42.1. The number of likely N-dealkylation sites (tertiary alicyclic amines) is 1. The molecule has 2 heterocycles. The van der Waals surface area contributed by atoms with Crippen molar-refractivity contribution in [3.63, 3.8) is 0 Å². The summed E-state index contributed by atoms with van der Waals surface area (Å²) in [5.74, 6) is -4.30. The normalized spacial score (nSPS) is 21.6. The number of nitriles is 1. The van der Waals surface area contributed by atoms with Crippen LogP contribution in [0.3, 0.4) is 0 Å². The number of carbonyl (C=O) groups excluding carboxylic acids is 3. The molecule has 1 fully saturated rings. The lowest BCUT2D eigenvalue weighted by Gasteiger charge is -2.30. The van der Waals surface area contributed by atoms with Gasteiger partial charge in [-0.2, -0.15) is 5.26 Å². The van der Waals surface area contributed by atoms with E-state index in [1.54, 1.807) is 18.2 Å². The third-order valence-corrected chi connectivity index (χ3v) is 6.67. The van der Waals surface area contributed by atoms with E-state index >= 15 is 0 Å². The molecular formula is C25H22ClF3N4O3. The van der Waals surface area contributed by atoms with Gasteiger partial charge in [0.1, 0.15) is 29.4 Å². The molecule has 0 saturated carbocycles. The van der Waals surface area contributed by atoms with Crippen LogP contribution in [0.25, 0.3) is 0 Å². The summed E-state index contributed by atoms with van der Waals surface area (Å²) in [4.78, 5) is 40.5. The maximum Gasteiger partial charge on any atom is 0.254 e. The number of nitrogens with one attached hydrogen (secondary N) is 2. The smallest absolute Gasteiger partial charge is 0.254 e. The van der Waals surface area contributed by atoms with Gasteiger partial charge in [0, 0.05) is 36.2 Å². The Labute approximate surface area is 210 Å². The van der Waals surface area contributed by atoms with Crippen LogP contribution in [0.1, 0.15) is 42.6 Å². The second-order valence-corrected chi connectivity index (χ2v) is 10.1. The minimum atomic E-state index is -1.93. The fourth-order valence-corrected chi connectivity index (χ4v) is 4.97. The Morgan fingerprint density at radius 3 is 2.67 bits per heavy atom. The largest absolute Gasteiger partial charge is 0.340 e. The van der Waals surface area contributed by atoms with Gasteiger partial charge < -0.3 is 15.5 Å². The van der Waals surface area contributed by atoms with Crippen LogP contribution in [-0.2, 0) is 15.0 Å². The summed E-state index contributed by atoms with van der Waals surface area (Å²) in [7, 11) is 0. The van der Waals surface area contributed by atoms with Crippen molar-refractivity contribution in [3.05, 3.63) is 64.2 Å². The van der Waals surface area contributed by atoms with Crippen molar-refractivity contribution in [1.82, 2.24) is 10.2 Å². The van der Waals surface area contributed by atoms with E-state index in [2.05, 4.69) is 10.6 Å². The van der Waals surface area contributed by atoms with E-state index < -0.39 is 64.5 Å². The third-order valence-electron chi connectivity index (χ3n) is 6.44. The second kappa shape index (κ2) is 9.13. The molecule has 7 nitrogen and oxygen atoms in total. The molecule has 2 aliphatic heterocycles. The van der Waals surface area contributed by atoms with Crippen molar-refractivity contribution in [2.45, 2.75) is 49.9 Å². The van der Waals surface area contributed by atoms with Crippen LogP contribution in [-0.4, -0.2) is 46.9 Å². The first-order valence-electron chi connectivity index (χ1n) is 11.1. The summed E-state index contributed by atoms with van der Waals surface area (Å²) in [6.07, 6.45) is -0.517. The van der Waals surface area contributed by atoms with Crippen LogP contribution in [0.5, 0.6) is 0 Å². The number of nitrogens with zero attached hydrogens (tertiary/aromatic N) is 2. The van der Waals surface area contributed by atoms with E-state index in [-0.39, 0.29) is 13.0 Å². The summed E-state index contributed by atoms with van der Waals surface area (Å²) >= 11 is 6.14. The van der Waals surface area contributed by atoms with Gasteiger partial charge in [0.15, 0.2) is 0 Å². The monoisotopic (exact) mass is 518 g/mol. The lowest BCUT2D eigenvalue weighted by Crippen LogP contribution is -2.52. The third kappa shape index (κ3) is 4.63. The number of rotatable bonds is 5. The molecule has 1 spiro atoms. The van der Waals surface area contributed by atoms with Crippen molar-refractivity contribution < 1.29 is 27.6 Å². The molecular weight excluding hydrogens is 497 g/mol. The number of alkyl halides is 1. The van der Waals surface area contributed by atoms with Gasteiger partial charge in [-0.1, -0.05) is 11.6 Å². The number of benzene rings is 2. The summed E-state index contributed by atoms with van der Waals surface area (Å²) in [6, 6.07) is 6.60. The van der Waals surface area contributed by atoms with Crippen molar-refractivity contribution in [1.29, 1.82) is 5.26 Å². The first-order chi connectivity index (χ1) is 16.8. The summed E-state index contributed by atoms with van der Waals surface area (Å²) in [5, 5.41) is 15.2. The quantitative estimate of drug-likeness (QED) is 0.627. The minimum Gasteiger partial charge on any atom is -0.340 e. The molecule has 0 radical (unpaired) electrons. The van der Waals surface area contributed by atoms with Gasteiger partial charge >= 0.3 is 0 Å². The number of halogens is 4. The Balaban J connectivity index is 1.66. The molecule has 36 heavy (non-hydrogen) atoms.